The molecule has 1 aliphatic heterocycles. The molecule has 0 radical (unpaired) electrons. The Balaban J connectivity index is 2.37. The van der Waals surface area contributed by atoms with Crippen molar-refractivity contribution in [3.63, 3.8) is 0 Å². The first-order chi connectivity index (χ1) is 8.57. The number of aliphatic hydroxyl groups excluding tert-OH is 1. The van der Waals surface area contributed by atoms with E-state index in [0.29, 0.717) is 28.8 Å². The van der Waals surface area contributed by atoms with Gasteiger partial charge < -0.3 is 14.6 Å². The topological polar surface area (TPSA) is 38.7 Å². The number of aliphatic hydroxyl groups is 1. The van der Waals surface area contributed by atoms with Crippen LogP contribution in [0.1, 0.15) is 12.5 Å². The highest BCUT2D eigenvalue weighted by molar-refractivity contribution is 6.42. The summed E-state index contributed by atoms with van der Waals surface area (Å²) in [4.78, 5) is 0. The van der Waals surface area contributed by atoms with Gasteiger partial charge in [-0.2, -0.15) is 0 Å². The summed E-state index contributed by atoms with van der Waals surface area (Å²) in [5.41, 5.74) is 1.35. The largest absolute Gasteiger partial charge is 0.392 e. The van der Waals surface area contributed by atoms with Gasteiger partial charge in [0.15, 0.2) is 5.79 Å². The quantitative estimate of drug-likeness (QED) is 0.929. The third kappa shape index (κ3) is 2.71. The van der Waals surface area contributed by atoms with E-state index < -0.39 is 5.79 Å². The minimum Gasteiger partial charge on any atom is -0.392 e. The average molecular weight is 289 g/mol. The van der Waals surface area contributed by atoms with E-state index in [4.69, 9.17) is 32.7 Å². The van der Waals surface area contributed by atoms with Crippen LogP contribution in [0.5, 0.6) is 0 Å². The Morgan fingerprint density at radius 1 is 1.39 bits per heavy atom. The van der Waals surface area contributed by atoms with Crippen molar-refractivity contribution < 1.29 is 14.6 Å². The maximum Gasteiger partial charge on any atom is 0.190 e. The summed E-state index contributed by atoms with van der Waals surface area (Å²) in [5, 5.41) is 10.4. The van der Waals surface area contributed by atoms with Crippen molar-refractivity contribution in [1.29, 1.82) is 0 Å². The molecule has 1 aromatic rings. The molecule has 0 spiro atoms. The molecule has 0 unspecified atom stereocenters. The minimum absolute atomic E-state index is 0.167. The second kappa shape index (κ2) is 5.59. The third-order valence-electron chi connectivity index (χ3n) is 2.90. The Labute approximate surface area is 116 Å². The van der Waals surface area contributed by atoms with E-state index in [1.54, 1.807) is 25.1 Å². The number of halogens is 2. The SMILES string of the molecule is CC1(/C(=C\c2cccc(Cl)c2Cl)CO)OCCO1. The van der Waals surface area contributed by atoms with E-state index in [1.165, 1.54) is 0 Å². The smallest absolute Gasteiger partial charge is 0.190 e. The zero-order valence-corrected chi connectivity index (χ0v) is 11.5. The number of hydrogen-bond acceptors (Lipinski definition) is 3. The van der Waals surface area contributed by atoms with Crippen LogP contribution in [0.15, 0.2) is 23.8 Å². The van der Waals surface area contributed by atoms with Crippen molar-refractivity contribution in [2.24, 2.45) is 0 Å². The van der Waals surface area contributed by atoms with Crippen molar-refractivity contribution >= 4 is 29.3 Å². The van der Waals surface area contributed by atoms with Crippen LogP contribution in [0.3, 0.4) is 0 Å². The lowest BCUT2D eigenvalue weighted by molar-refractivity contribution is -0.113. The third-order valence-corrected chi connectivity index (χ3v) is 3.74. The van der Waals surface area contributed by atoms with E-state index in [0.717, 1.165) is 5.56 Å². The normalized spacial score (nSPS) is 19.2. The summed E-state index contributed by atoms with van der Waals surface area (Å²) in [6, 6.07) is 5.33. The molecule has 1 aliphatic rings. The van der Waals surface area contributed by atoms with Crippen molar-refractivity contribution in [3.8, 4) is 0 Å². The summed E-state index contributed by atoms with van der Waals surface area (Å²) in [5.74, 6) is -0.888. The Kier molecular flexibility index (Phi) is 4.30. The molecule has 3 nitrogen and oxygen atoms in total. The fourth-order valence-corrected chi connectivity index (χ4v) is 2.20. The number of benzene rings is 1. The molecule has 1 saturated heterocycles. The van der Waals surface area contributed by atoms with Crippen LogP contribution in [0, 0.1) is 0 Å². The van der Waals surface area contributed by atoms with Crippen molar-refractivity contribution in [1.82, 2.24) is 0 Å². The van der Waals surface area contributed by atoms with Gasteiger partial charge in [0.05, 0.1) is 29.9 Å². The molecule has 0 atom stereocenters. The lowest BCUT2D eigenvalue weighted by Crippen LogP contribution is -2.30. The van der Waals surface area contributed by atoms with Crippen LogP contribution in [0.25, 0.3) is 6.08 Å². The number of ether oxygens (including phenoxy) is 2. The Bertz CT molecular complexity index is 465. The molecule has 98 valence electrons. The number of rotatable bonds is 3. The molecule has 1 N–H and O–H groups in total. The molecule has 2 rings (SSSR count). The minimum atomic E-state index is -0.888. The first-order valence-corrected chi connectivity index (χ1v) is 6.36. The Hall–Kier alpha value is -0.580. The molecular formula is C13H14Cl2O3. The van der Waals surface area contributed by atoms with Gasteiger partial charge in [0.2, 0.25) is 0 Å². The maximum atomic E-state index is 9.47. The van der Waals surface area contributed by atoms with Gasteiger partial charge in [0.25, 0.3) is 0 Å². The summed E-state index contributed by atoms with van der Waals surface area (Å²) in [6.45, 7) is 2.63. The van der Waals surface area contributed by atoms with Crippen molar-refractivity contribution in [2.45, 2.75) is 12.7 Å². The van der Waals surface area contributed by atoms with Crippen LogP contribution >= 0.6 is 23.2 Å². The monoisotopic (exact) mass is 288 g/mol. The highest BCUT2D eigenvalue weighted by Gasteiger charge is 2.34. The Morgan fingerprint density at radius 2 is 2.06 bits per heavy atom. The van der Waals surface area contributed by atoms with Gasteiger partial charge in [-0.1, -0.05) is 35.3 Å². The van der Waals surface area contributed by atoms with E-state index in [9.17, 15) is 5.11 Å². The molecule has 0 aromatic heterocycles. The molecule has 0 amide bonds. The van der Waals surface area contributed by atoms with Crippen LogP contribution < -0.4 is 0 Å². The molecule has 0 saturated carbocycles. The van der Waals surface area contributed by atoms with Gasteiger partial charge in [-0.25, -0.2) is 0 Å². The van der Waals surface area contributed by atoms with Crippen molar-refractivity contribution in [2.75, 3.05) is 19.8 Å². The highest BCUT2D eigenvalue weighted by Crippen LogP contribution is 2.32. The van der Waals surface area contributed by atoms with E-state index in [-0.39, 0.29) is 6.61 Å². The number of hydrogen-bond donors (Lipinski definition) is 1. The lowest BCUT2D eigenvalue weighted by Gasteiger charge is -2.24. The van der Waals surface area contributed by atoms with Gasteiger partial charge in [-0.15, -0.1) is 0 Å². The molecule has 18 heavy (non-hydrogen) atoms. The first-order valence-electron chi connectivity index (χ1n) is 5.60. The summed E-state index contributed by atoms with van der Waals surface area (Å²) in [7, 11) is 0. The summed E-state index contributed by atoms with van der Waals surface area (Å²) in [6.07, 6.45) is 1.75. The van der Waals surface area contributed by atoms with E-state index in [2.05, 4.69) is 0 Å². The fraction of sp³-hybridized carbons (Fsp3) is 0.385. The molecule has 1 fully saturated rings. The molecule has 0 bridgehead atoms. The molecule has 1 aromatic carbocycles. The van der Waals surface area contributed by atoms with Gasteiger partial charge in [0.1, 0.15) is 0 Å². The summed E-state index contributed by atoms with van der Waals surface area (Å²) < 4.78 is 11.0. The van der Waals surface area contributed by atoms with Crippen LogP contribution in [0.2, 0.25) is 10.0 Å². The Morgan fingerprint density at radius 3 is 2.67 bits per heavy atom. The molecular weight excluding hydrogens is 275 g/mol. The molecule has 1 heterocycles. The van der Waals surface area contributed by atoms with Gasteiger partial charge in [0, 0.05) is 5.57 Å². The average Bonchev–Trinajstić information content (AvgIpc) is 2.79. The second-order valence-corrected chi connectivity index (χ2v) is 4.90. The highest BCUT2D eigenvalue weighted by atomic mass is 35.5. The van der Waals surface area contributed by atoms with Crippen LogP contribution in [0.4, 0.5) is 0 Å². The standard InChI is InChI=1S/C13H14Cl2O3/c1-13(17-5-6-18-13)10(8-16)7-9-3-2-4-11(14)12(9)15/h2-4,7,16H,5-6,8H2,1H3/b10-7-. The predicted octanol–water partition coefficient (Wildman–Crippen LogP) is 3.13. The fourth-order valence-electron chi connectivity index (χ4n) is 1.84. The van der Waals surface area contributed by atoms with E-state index >= 15 is 0 Å². The lowest BCUT2D eigenvalue weighted by atomic mass is 10.0. The van der Waals surface area contributed by atoms with E-state index in [1.807, 2.05) is 6.07 Å². The second-order valence-electron chi connectivity index (χ2n) is 4.11. The van der Waals surface area contributed by atoms with Gasteiger partial charge in [-0.05, 0) is 24.6 Å². The maximum absolute atomic E-state index is 9.47. The predicted molar refractivity (Wildman–Crippen MR) is 71.8 cm³/mol. The van der Waals surface area contributed by atoms with Crippen LogP contribution in [-0.2, 0) is 9.47 Å². The molecule has 0 aliphatic carbocycles. The van der Waals surface area contributed by atoms with Crippen molar-refractivity contribution in [3.05, 3.63) is 39.4 Å². The van der Waals surface area contributed by atoms with Crippen LogP contribution in [-0.4, -0.2) is 30.7 Å². The van der Waals surface area contributed by atoms with Gasteiger partial charge in [-0.3, -0.25) is 0 Å². The zero-order chi connectivity index (χ0) is 13.2. The van der Waals surface area contributed by atoms with Gasteiger partial charge >= 0.3 is 0 Å². The zero-order valence-electron chi connectivity index (χ0n) is 9.95. The first kappa shape index (κ1) is 13.8. The molecule has 5 heteroatoms. The summed E-state index contributed by atoms with van der Waals surface area (Å²) >= 11 is 12.1.